The third kappa shape index (κ3) is 2.86. The van der Waals surface area contributed by atoms with E-state index in [1.54, 1.807) is 6.07 Å². The molecule has 0 unspecified atom stereocenters. The fourth-order valence-electron chi connectivity index (χ4n) is 2.75. The molecule has 0 aliphatic heterocycles. The average molecular weight is 312 g/mol. The molecule has 0 saturated carbocycles. The largest absolute Gasteiger partial charge is 0.475 e. The van der Waals surface area contributed by atoms with Crippen LogP contribution in [0.15, 0.2) is 28.7 Å². The van der Waals surface area contributed by atoms with Crippen LogP contribution in [0.25, 0.3) is 11.0 Å². The zero-order chi connectivity index (χ0) is 16.6. The second-order valence-corrected chi connectivity index (χ2v) is 5.86. The van der Waals surface area contributed by atoms with Crippen LogP contribution in [0.5, 0.6) is 0 Å². The number of rotatable bonds is 5. The molecule has 5 nitrogen and oxygen atoms in total. The Bertz CT molecular complexity index is 874. The third-order valence-corrected chi connectivity index (χ3v) is 4.10. The van der Waals surface area contributed by atoms with Crippen molar-refractivity contribution in [1.29, 1.82) is 0 Å². The molecule has 1 N–H and O–H groups in total. The van der Waals surface area contributed by atoms with Crippen LogP contribution in [0.1, 0.15) is 46.6 Å². The summed E-state index contributed by atoms with van der Waals surface area (Å²) in [4.78, 5) is 15.7. The monoisotopic (exact) mass is 312 g/mol. The van der Waals surface area contributed by atoms with Gasteiger partial charge in [0.15, 0.2) is 0 Å². The molecule has 0 bridgehead atoms. The molecule has 2 heterocycles. The van der Waals surface area contributed by atoms with Crippen LogP contribution >= 0.6 is 0 Å². The molecule has 23 heavy (non-hydrogen) atoms. The number of fused-ring (bicyclic) bond motifs is 1. The third-order valence-electron chi connectivity index (χ3n) is 4.10. The standard InChI is InChI=1S/C18H20N2O3/c1-4-5-17-19-14-8-11(2)12(3)9-15(14)20(17)10-13-6-7-16(23-13)18(21)22/h6-9H,4-5,10H2,1-3H3,(H,21,22). The lowest BCUT2D eigenvalue weighted by Crippen LogP contribution is -2.04. The van der Waals surface area contributed by atoms with E-state index in [-0.39, 0.29) is 5.76 Å². The molecule has 1 aromatic carbocycles. The van der Waals surface area contributed by atoms with Crippen molar-refractivity contribution in [2.75, 3.05) is 0 Å². The van der Waals surface area contributed by atoms with Crippen LogP contribution in [-0.2, 0) is 13.0 Å². The highest BCUT2D eigenvalue weighted by atomic mass is 16.4. The van der Waals surface area contributed by atoms with Gasteiger partial charge in [-0.3, -0.25) is 0 Å². The Morgan fingerprint density at radius 2 is 2.00 bits per heavy atom. The first-order valence-corrected chi connectivity index (χ1v) is 7.78. The van der Waals surface area contributed by atoms with Crippen molar-refractivity contribution in [2.24, 2.45) is 0 Å². The summed E-state index contributed by atoms with van der Waals surface area (Å²) >= 11 is 0. The summed E-state index contributed by atoms with van der Waals surface area (Å²) in [5, 5.41) is 8.99. The molecule has 120 valence electrons. The van der Waals surface area contributed by atoms with Gasteiger partial charge in [0.1, 0.15) is 11.6 Å². The molecule has 0 aliphatic carbocycles. The van der Waals surface area contributed by atoms with Crippen LogP contribution in [0.4, 0.5) is 0 Å². The minimum Gasteiger partial charge on any atom is -0.475 e. The smallest absolute Gasteiger partial charge is 0.371 e. The van der Waals surface area contributed by atoms with Gasteiger partial charge in [0.05, 0.1) is 17.6 Å². The second-order valence-electron chi connectivity index (χ2n) is 5.86. The van der Waals surface area contributed by atoms with E-state index in [1.165, 1.54) is 17.2 Å². The first kappa shape index (κ1) is 15.3. The summed E-state index contributed by atoms with van der Waals surface area (Å²) < 4.78 is 7.53. The number of carboxylic acid groups (broad SMARTS) is 1. The number of aromatic nitrogens is 2. The highest BCUT2D eigenvalue weighted by Gasteiger charge is 2.15. The van der Waals surface area contributed by atoms with E-state index in [4.69, 9.17) is 14.5 Å². The van der Waals surface area contributed by atoms with Crippen molar-refractivity contribution in [3.05, 3.63) is 52.7 Å². The molecule has 2 aromatic heterocycles. The molecule has 3 rings (SSSR count). The van der Waals surface area contributed by atoms with Gasteiger partial charge in [0.2, 0.25) is 5.76 Å². The lowest BCUT2D eigenvalue weighted by atomic mass is 10.1. The molecule has 0 fully saturated rings. The first-order valence-electron chi connectivity index (χ1n) is 7.78. The van der Waals surface area contributed by atoms with Crippen LogP contribution in [0, 0.1) is 13.8 Å². The first-order chi connectivity index (χ1) is 11.0. The van der Waals surface area contributed by atoms with E-state index in [0.717, 1.165) is 29.7 Å². The van der Waals surface area contributed by atoms with Crippen molar-refractivity contribution in [3.63, 3.8) is 0 Å². The lowest BCUT2D eigenvalue weighted by Gasteiger charge is -2.08. The summed E-state index contributed by atoms with van der Waals surface area (Å²) in [6, 6.07) is 7.45. The van der Waals surface area contributed by atoms with Gasteiger partial charge in [-0.1, -0.05) is 6.92 Å². The number of aryl methyl sites for hydroxylation is 3. The van der Waals surface area contributed by atoms with E-state index in [9.17, 15) is 4.79 Å². The SMILES string of the molecule is CCCc1nc2cc(C)c(C)cc2n1Cc1ccc(C(=O)O)o1. The molecule has 0 atom stereocenters. The van der Waals surface area contributed by atoms with Gasteiger partial charge in [-0.15, -0.1) is 0 Å². The van der Waals surface area contributed by atoms with Gasteiger partial charge in [0, 0.05) is 6.42 Å². The lowest BCUT2D eigenvalue weighted by molar-refractivity contribution is 0.0660. The molecule has 0 spiro atoms. The minimum atomic E-state index is -1.05. The number of imidazole rings is 1. The summed E-state index contributed by atoms with van der Waals surface area (Å²) in [6.45, 7) is 6.78. The average Bonchev–Trinajstić information content (AvgIpc) is 3.08. The van der Waals surface area contributed by atoms with Crippen LogP contribution in [0.3, 0.4) is 0 Å². The van der Waals surface area contributed by atoms with E-state index >= 15 is 0 Å². The summed E-state index contributed by atoms with van der Waals surface area (Å²) in [6.07, 6.45) is 1.87. The number of aromatic carboxylic acids is 1. The molecule has 5 heteroatoms. The Labute approximate surface area is 134 Å². The second kappa shape index (κ2) is 5.91. The Kier molecular flexibility index (Phi) is 3.94. The summed E-state index contributed by atoms with van der Waals surface area (Å²) in [5.74, 6) is 0.540. The van der Waals surface area contributed by atoms with Gasteiger partial charge < -0.3 is 14.1 Å². The number of hydrogen-bond donors (Lipinski definition) is 1. The predicted octanol–water partition coefficient (Wildman–Crippen LogP) is 3.95. The van der Waals surface area contributed by atoms with Crippen LogP contribution < -0.4 is 0 Å². The highest BCUT2D eigenvalue weighted by molar-refractivity contribution is 5.84. The van der Waals surface area contributed by atoms with Gasteiger partial charge in [-0.25, -0.2) is 9.78 Å². The Morgan fingerprint density at radius 1 is 1.26 bits per heavy atom. The van der Waals surface area contributed by atoms with Crippen molar-refractivity contribution >= 4 is 17.0 Å². The highest BCUT2D eigenvalue weighted by Crippen LogP contribution is 2.23. The van der Waals surface area contributed by atoms with Crippen LogP contribution in [-0.4, -0.2) is 20.6 Å². The van der Waals surface area contributed by atoms with Crippen molar-refractivity contribution in [2.45, 2.75) is 40.2 Å². The van der Waals surface area contributed by atoms with Gasteiger partial charge >= 0.3 is 5.97 Å². The zero-order valence-electron chi connectivity index (χ0n) is 13.6. The maximum atomic E-state index is 11.0. The Morgan fingerprint density at radius 3 is 2.65 bits per heavy atom. The number of benzene rings is 1. The van der Waals surface area contributed by atoms with Gasteiger partial charge in [0.25, 0.3) is 0 Å². The van der Waals surface area contributed by atoms with Crippen molar-refractivity contribution in [3.8, 4) is 0 Å². The summed E-state index contributed by atoms with van der Waals surface area (Å²) in [5.41, 5.74) is 4.47. The number of furan rings is 1. The van der Waals surface area contributed by atoms with E-state index < -0.39 is 5.97 Å². The normalized spacial score (nSPS) is 11.3. The van der Waals surface area contributed by atoms with Gasteiger partial charge in [-0.05, 0) is 55.7 Å². The maximum absolute atomic E-state index is 11.0. The predicted molar refractivity (Wildman–Crippen MR) is 88.0 cm³/mol. The number of hydrogen-bond acceptors (Lipinski definition) is 3. The summed E-state index contributed by atoms with van der Waals surface area (Å²) in [7, 11) is 0. The molecule has 0 saturated heterocycles. The maximum Gasteiger partial charge on any atom is 0.371 e. The fourth-order valence-corrected chi connectivity index (χ4v) is 2.75. The van der Waals surface area contributed by atoms with E-state index in [2.05, 4.69) is 37.5 Å². The number of carbonyl (C=O) groups is 1. The van der Waals surface area contributed by atoms with E-state index in [1.807, 2.05) is 0 Å². The molecular formula is C18H20N2O3. The fraction of sp³-hybridized carbons (Fsp3) is 0.333. The molecule has 3 aromatic rings. The van der Waals surface area contributed by atoms with Crippen molar-refractivity contribution in [1.82, 2.24) is 9.55 Å². The molecular weight excluding hydrogens is 292 g/mol. The number of carboxylic acids is 1. The zero-order valence-corrected chi connectivity index (χ0v) is 13.6. The van der Waals surface area contributed by atoms with Gasteiger partial charge in [-0.2, -0.15) is 0 Å². The van der Waals surface area contributed by atoms with Crippen molar-refractivity contribution < 1.29 is 14.3 Å². The molecule has 0 amide bonds. The van der Waals surface area contributed by atoms with E-state index in [0.29, 0.717) is 12.3 Å². The Balaban J connectivity index is 2.07. The Hall–Kier alpha value is -2.56. The topological polar surface area (TPSA) is 68.3 Å². The molecule has 0 aliphatic rings. The molecule has 0 radical (unpaired) electrons. The van der Waals surface area contributed by atoms with Crippen LogP contribution in [0.2, 0.25) is 0 Å². The minimum absolute atomic E-state index is 0.0338. The number of nitrogens with zero attached hydrogens (tertiary/aromatic N) is 2. The quantitative estimate of drug-likeness (QED) is 0.774.